The van der Waals surface area contributed by atoms with E-state index in [1.54, 1.807) is 25.6 Å². The van der Waals surface area contributed by atoms with Crippen molar-refractivity contribution in [1.82, 2.24) is 15.2 Å². The number of anilines is 1. The van der Waals surface area contributed by atoms with Crippen LogP contribution in [-0.2, 0) is 14.6 Å². The number of methoxy groups -OCH3 is 2. The lowest BCUT2D eigenvalue weighted by Crippen LogP contribution is -2.48. The van der Waals surface area contributed by atoms with E-state index >= 15 is 0 Å². The summed E-state index contributed by atoms with van der Waals surface area (Å²) in [5, 5.41) is 4.23. The number of aromatic nitrogens is 1. The molecule has 1 amide bonds. The van der Waals surface area contributed by atoms with Gasteiger partial charge in [0.25, 0.3) is 0 Å². The number of hydrogen-bond acceptors (Lipinski definition) is 9. The van der Waals surface area contributed by atoms with Crippen molar-refractivity contribution in [1.29, 1.82) is 0 Å². The van der Waals surface area contributed by atoms with Crippen LogP contribution in [0.1, 0.15) is 6.42 Å². The monoisotopic (exact) mass is 552 g/mol. The fourth-order valence-electron chi connectivity index (χ4n) is 4.00. The van der Waals surface area contributed by atoms with Crippen molar-refractivity contribution in [2.75, 3.05) is 64.1 Å². The molecule has 0 aliphatic carbocycles. The molecule has 1 aliphatic rings. The summed E-state index contributed by atoms with van der Waals surface area (Å²) in [6, 6.07) is 9.72. The predicted octanol–water partition coefficient (Wildman–Crippen LogP) is 3.07. The van der Waals surface area contributed by atoms with Crippen molar-refractivity contribution in [2.24, 2.45) is 0 Å². The zero-order chi connectivity index (χ0) is 25.7. The molecular weight excluding hydrogens is 524 g/mol. The number of ether oxygens (including phenoxy) is 2. The van der Waals surface area contributed by atoms with Crippen LogP contribution in [0.4, 0.5) is 5.13 Å². The normalized spacial score (nSPS) is 14.7. The van der Waals surface area contributed by atoms with E-state index in [-0.39, 0.29) is 23.0 Å². The molecule has 2 aromatic carbocycles. The van der Waals surface area contributed by atoms with Crippen LogP contribution in [0.5, 0.6) is 11.5 Å². The van der Waals surface area contributed by atoms with Crippen molar-refractivity contribution in [3.05, 3.63) is 41.4 Å². The Labute approximate surface area is 219 Å². The van der Waals surface area contributed by atoms with E-state index < -0.39 is 9.84 Å². The van der Waals surface area contributed by atoms with Gasteiger partial charge in [-0.3, -0.25) is 9.69 Å². The Hall–Kier alpha value is -2.60. The maximum Gasteiger partial charge on any atom is 0.221 e. The predicted molar refractivity (Wildman–Crippen MR) is 143 cm³/mol. The lowest BCUT2D eigenvalue weighted by Gasteiger charge is -2.34. The number of hydrogen-bond donors (Lipinski definition) is 1. The summed E-state index contributed by atoms with van der Waals surface area (Å²) in [6.07, 6.45) is -0.0801. The van der Waals surface area contributed by atoms with Gasteiger partial charge in [-0.05, 0) is 36.4 Å². The number of rotatable bonds is 10. The van der Waals surface area contributed by atoms with Gasteiger partial charge in [0.15, 0.2) is 15.0 Å². The third kappa shape index (κ3) is 6.20. The second-order valence-electron chi connectivity index (χ2n) is 8.35. The summed E-state index contributed by atoms with van der Waals surface area (Å²) in [4.78, 5) is 21.7. The Bertz CT molecular complexity index is 1270. The topological polar surface area (TPSA) is 101 Å². The van der Waals surface area contributed by atoms with Crippen LogP contribution in [0.25, 0.3) is 10.2 Å². The van der Waals surface area contributed by atoms with E-state index in [0.29, 0.717) is 18.1 Å². The van der Waals surface area contributed by atoms with Crippen LogP contribution in [0.15, 0.2) is 41.3 Å². The lowest BCUT2D eigenvalue weighted by atomic mass is 10.3. The molecule has 0 spiro atoms. The minimum Gasteiger partial charge on any atom is -0.495 e. The highest BCUT2D eigenvalue weighted by Gasteiger charge is 2.22. The molecular formula is C24H29ClN4O5S2. The third-order valence-electron chi connectivity index (χ3n) is 6.06. The molecule has 194 valence electrons. The van der Waals surface area contributed by atoms with Gasteiger partial charge in [0.2, 0.25) is 5.91 Å². The molecule has 0 unspecified atom stereocenters. The van der Waals surface area contributed by atoms with E-state index in [9.17, 15) is 13.2 Å². The number of nitrogens with zero attached hydrogens (tertiary/aromatic N) is 3. The highest BCUT2D eigenvalue weighted by atomic mass is 35.5. The van der Waals surface area contributed by atoms with Gasteiger partial charge < -0.3 is 19.7 Å². The van der Waals surface area contributed by atoms with E-state index in [1.807, 2.05) is 12.1 Å². The van der Waals surface area contributed by atoms with E-state index in [4.69, 9.17) is 26.1 Å². The molecule has 0 radical (unpaired) electrons. The first-order chi connectivity index (χ1) is 17.3. The molecule has 36 heavy (non-hydrogen) atoms. The quantitative estimate of drug-likeness (QED) is 0.409. The highest BCUT2D eigenvalue weighted by molar-refractivity contribution is 7.91. The Morgan fingerprint density at radius 3 is 2.39 bits per heavy atom. The fourth-order valence-corrected chi connectivity index (χ4v) is 6.49. The maximum absolute atomic E-state index is 12.4. The molecule has 1 fully saturated rings. The van der Waals surface area contributed by atoms with Crippen LogP contribution in [0.3, 0.4) is 0 Å². The second kappa shape index (κ2) is 11.6. The number of benzene rings is 2. The summed E-state index contributed by atoms with van der Waals surface area (Å²) >= 11 is 7.40. The number of piperazine rings is 1. The Kier molecular flexibility index (Phi) is 8.55. The van der Waals surface area contributed by atoms with Gasteiger partial charge in [0.1, 0.15) is 21.7 Å². The Morgan fingerprint density at radius 1 is 1.06 bits per heavy atom. The van der Waals surface area contributed by atoms with Gasteiger partial charge in [0, 0.05) is 50.7 Å². The number of carbonyl (C=O) groups is 1. The molecule has 12 heteroatoms. The molecule has 1 aliphatic heterocycles. The van der Waals surface area contributed by atoms with Crippen molar-refractivity contribution < 1.29 is 22.7 Å². The molecule has 1 aromatic heterocycles. The number of amides is 1. The first kappa shape index (κ1) is 26.5. The molecule has 1 saturated heterocycles. The minimum atomic E-state index is -3.53. The third-order valence-corrected chi connectivity index (χ3v) is 9.18. The molecule has 4 rings (SSSR count). The number of fused-ring (bicyclic) bond motifs is 1. The van der Waals surface area contributed by atoms with E-state index in [2.05, 4.69) is 15.1 Å². The van der Waals surface area contributed by atoms with Gasteiger partial charge >= 0.3 is 0 Å². The molecule has 0 bridgehead atoms. The van der Waals surface area contributed by atoms with E-state index in [0.717, 1.165) is 53.0 Å². The van der Waals surface area contributed by atoms with Crippen LogP contribution in [-0.4, -0.2) is 83.4 Å². The minimum absolute atomic E-state index is 0.0801. The average molecular weight is 553 g/mol. The number of sulfone groups is 1. The summed E-state index contributed by atoms with van der Waals surface area (Å²) in [5.74, 6) is 0.994. The van der Waals surface area contributed by atoms with Gasteiger partial charge in [-0.15, -0.1) is 0 Å². The zero-order valence-corrected chi connectivity index (χ0v) is 22.6. The summed E-state index contributed by atoms with van der Waals surface area (Å²) in [7, 11) is -0.240. The highest BCUT2D eigenvalue weighted by Crippen LogP contribution is 2.40. The van der Waals surface area contributed by atoms with Gasteiger partial charge in [0.05, 0.1) is 24.9 Å². The molecule has 2 heterocycles. The van der Waals surface area contributed by atoms with Crippen LogP contribution < -0.4 is 19.7 Å². The van der Waals surface area contributed by atoms with Crippen molar-refractivity contribution in [2.45, 2.75) is 11.3 Å². The average Bonchev–Trinajstić information content (AvgIpc) is 3.33. The van der Waals surface area contributed by atoms with Crippen molar-refractivity contribution in [3.8, 4) is 11.5 Å². The molecule has 3 aromatic rings. The summed E-state index contributed by atoms with van der Waals surface area (Å²) < 4.78 is 36.7. The van der Waals surface area contributed by atoms with Crippen molar-refractivity contribution >= 4 is 54.0 Å². The zero-order valence-electron chi connectivity index (χ0n) is 20.2. The van der Waals surface area contributed by atoms with Crippen LogP contribution >= 0.6 is 22.9 Å². The van der Waals surface area contributed by atoms with Crippen LogP contribution in [0.2, 0.25) is 5.02 Å². The second-order valence-corrected chi connectivity index (χ2v) is 11.9. The lowest BCUT2D eigenvalue weighted by molar-refractivity contribution is -0.120. The number of halogens is 1. The number of thiazole rings is 1. The van der Waals surface area contributed by atoms with Gasteiger partial charge in [-0.25, -0.2) is 13.4 Å². The van der Waals surface area contributed by atoms with Crippen LogP contribution in [0, 0.1) is 0 Å². The van der Waals surface area contributed by atoms with E-state index in [1.165, 1.54) is 24.3 Å². The number of carbonyl (C=O) groups excluding carboxylic acids is 1. The molecule has 1 N–H and O–H groups in total. The Balaban J connectivity index is 1.22. The molecule has 9 nitrogen and oxygen atoms in total. The standard InChI is InChI=1S/C24H29ClN4O5S2/c1-33-19-7-8-20(34-2)23-22(19)27-24(35-23)29-14-12-28(13-15-29)11-10-26-21(30)9-16-36(31,32)18-5-3-17(25)4-6-18/h3-8H,9-16H2,1-2H3,(H,26,30). The smallest absolute Gasteiger partial charge is 0.221 e. The molecule has 0 saturated carbocycles. The van der Waals surface area contributed by atoms with Crippen molar-refractivity contribution in [3.63, 3.8) is 0 Å². The fraction of sp³-hybridized carbons (Fsp3) is 0.417. The maximum atomic E-state index is 12.4. The largest absolute Gasteiger partial charge is 0.495 e. The first-order valence-corrected chi connectivity index (χ1v) is 14.4. The SMILES string of the molecule is COc1ccc(OC)c2sc(N3CCN(CCNC(=O)CCS(=O)(=O)c4ccc(Cl)cc4)CC3)nc12. The van der Waals surface area contributed by atoms with Gasteiger partial charge in [-0.1, -0.05) is 22.9 Å². The summed E-state index contributed by atoms with van der Waals surface area (Å²) in [6.45, 7) is 4.48. The summed E-state index contributed by atoms with van der Waals surface area (Å²) in [5.41, 5.74) is 0.806. The van der Waals surface area contributed by atoms with Gasteiger partial charge in [-0.2, -0.15) is 0 Å². The first-order valence-electron chi connectivity index (χ1n) is 11.5. The molecule has 0 atom stereocenters. The Morgan fingerprint density at radius 2 is 1.72 bits per heavy atom. The number of nitrogens with one attached hydrogen (secondary N) is 1.